The van der Waals surface area contributed by atoms with Gasteiger partial charge in [-0.15, -0.1) is 0 Å². The summed E-state index contributed by atoms with van der Waals surface area (Å²) in [7, 11) is 0. The van der Waals surface area contributed by atoms with Crippen LogP contribution in [-0.2, 0) is 4.74 Å². The molecule has 1 atom stereocenters. The second-order valence-corrected chi connectivity index (χ2v) is 3.50. The van der Waals surface area contributed by atoms with Gasteiger partial charge in [0.1, 0.15) is 0 Å². The first-order valence-corrected chi connectivity index (χ1v) is 4.57. The number of aryl methyl sites for hydroxylation is 1. The van der Waals surface area contributed by atoms with Crippen LogP contribution >= 0.6 is 0 Å². The van der Waals surface area contributed by atoms with E-state index in [1.807, 2.05) is 19.2 Å². The minimum atomic E-state index is 0.496. The summed E-state index contributed by atoms with van der Waals surface area (Å²) in [4.78, 5) is 4.24. The zero-order valence-corrected chi connectivity index (χ0v) is 7.79. The lowest BCUT2D eigenvalue weighted by Gasteiger charge is -2.08. The molecule has 3 nitrogen and oxygen atoms in total. The van der Waals surface area contributed by atoms with E-state index in [2.05, 4.69) is 4.98 Å². The first-order valence-electron chi connectivity index (χ1n) is 4.57. The first-order chi connectivity index (χ1) is 6.27. The predicted octanol–water partition coefficient (Wildman–Crippen LogP) is 1.48. The summed E-state index contributed by atoms with van der Waals surface area (Å²) in [6.07, 6.45) is 3.00. The second-order valence-electron chi connectivity index (χ2n) is 3.50. The van der Waals surface area contributed by atoms with E-state index in [4.69, 9.17) is 10.5 Å². The van der Waals surface area contributed by atoms with Crippen molar-refractivity contribution in [3.05, 3.63) is 23.5 Å². The molecule has 1 saturated heterocycles. The number of nitrogen functional groups attached to an aromatic ring is 1. The minimum Gasteiger partial charge on any atom is -0.397 e. The Kier molecular flexibility index (Phi) is 2.19. The van der Waals surface area contributed by atoms with E-state index in [9.17, 15) is 0 Å². The molecular formula is C10H14N2O. The van der Waals surface area contributed by atoms with Crippen LogP contribution in [0, 0.1) is 6.92 Å². The summed E-state index contributed by atoms with van der Waals surface area (Å²) < 4.78 is 5.31. The van der Waals surface area contributed by atoms with Crippen LogP contribution in [0.4, 0.5) is 5.69 Å². The van der Waals surface area contributed by atoms with Crippen molar-refractivity contribution in [2.45, 2.75) is 19.3 Å². The van der Waals surface area contributed by atoms with Gasteiger partial charge in [0, 0.05) is 18.7 Å². The number of hydrogen-bond acceptors (Lipinski definition) is 3. The Morgan fingerprint density at radius 1 is 1.62 bits per heavy atom. The molecule has 13 heavy (non-hydrogen) atoms. The van der Waals surface area contributed by atoms with Gasteiger partial charge in [0.15, 0.2) is 0 Å². The average molecular weight is 178 g/mol. The van der Waals surface area contributed by atoms with Gasteiger partial charge in [0.2, 0.25) is 0 Å². The maximum Gasteiger partial charge on any atom is 0.0601 e. The summed E-state index contributed by atoms with van der Waals surface area (Å²) in [6, 6.07) is 2.02. The number of anilines is 1. The fraction of sp³-hybridized carbons (Fsp3) is 0.500. The van der Waals surface area contributed by atoms with Gasteiger partial charge in [-0.25, -0.2) is 0 Å². The number of ether oxygens (including phenoxy) is 1. The smallest absolute Gasteiger partial charge is 0.0601 e. The van der Waals surface area contributed by atoms with Gasteiger partial charge in [-0.1, -0.05) is 0 Å². The van der Waals surface area contributed by atoms with Gasteiger partial charge < -0.3 is 10.5 Å². The zero-order chi connectivity index (χ0) is 9.26. The van der Waals surface area contributed by atoms with Gasteiger partial charge in [-0.3, -0.25) is 4.98 Å². The van der Waals surface area contributed by atoms with E-state index in [1.165, 1.54) is 5.56 Å². The van der Waals surface area contributed by atoms with Crippen LogP contribution in [0.25, 0.3) is 0 Å². The highest BCUT2D eigenvalue weighted by Gasteiger charge is 2.18. The topological polar surface area (TPSA) is 48.1 Å². The lowest BCUT2D eigenvalue weighted by Crippen LogP contribution is -2.01. The maximum atomic E-state index is 5.78. The van der Waals surface area contributed by atoms with Gasteiger partial charge in [0.05, 0.1) is 18.0 Å². The Morgan fingerprint density at radius 2 is 2.46 bits per heavy atom. The van der Waals surface area contributed by atoms with Gasteiger partial charge in [-0.2, -0.15) is 0 Å². The number of rotatable bonds is 1. The normalized spacial score (nSPS) is 22.1. The van der Waals surface area contributed by atoms with Gasteiger partial charge in [0.25, 0.3) is 0 Å². The van der Waals surface area contributed by atoms with Gasteiger partial charge >= 0.3 is 0 Å². The molecule has 1 aliphatic rings. The van der Waals surface area contributed by atoms with Crippen molar-refractivity contribution < 1.29 is 4.74 Å². The molecule has 0 bridgehead atoms. The summed E-state index contributed by atoms with van der Waals surface area (Å²) in [5.41, 5.74) is 8.68. The Balaban J connectivity index is 2.25. The SMILES string of the molecule is Cc1ncc(C2CCOC2)cc1N. The summed E-state index contributed by atoms with van der Waals surface area (Å²) in [5, 5.41) is 0. The number of pyridine rings is 1. The minimum absolute atomic E-state index is 0.496. The van der Waals surface area contributed by atoms with Crippen molar-refractivity contribution in [1.29, 1.82) is 0 Å². The van der Waals surface area contributed by atoms with Gasteiger partial charge in [-0.05, 0) is 25.0 Å². The third-order valence-electron chi connectivity index (χ3n) is 2.55. The summed E-state index contributed by atoms with van der Waals surface area (Å²) >= 11 is 0. The molecule has 2 rings (SSSR count). The number of hydrogen-bond donors (Lipinski definition) is 1. The van der Waals surface area contributed by atoms with E-state index >= 15 is 0 Å². The Hall–Kier alpha value is -1.09. The maximum absolute atomic E-state index is 5.78. The Bertz CT molecular complexity index is 306. The quantitative estimate of drug-likeness (QED) is 0.708. The monoisotopic (exact) mass is 178 g/mol. The van der Waals surface area contributed by atoms with Crippen LogP contribution in [0.15, 0.2) is 12.3 Å². The third-order valence-corrected chi connectivity index (χ3v) is 2.55. The Morgan fingerprint density at radius 3 is 3.08 bits per heavy atom. The molecule has 0 amide bonds. The van der Waals surface area contributed by atoms with Crippen molar-refractivity contribution in [2.24, 2.45) is 0 Å². The van der Waals surface area contributed by atoms with Crippen LogP contribution in [0.2, 0.25) is 0 Å². The Labute approximate surface area is 77.9 Å². The number of nitrogens with two attached hydrogens (primary N) is 1. The van der Waals surface area contributed by atoms with E-state index < -0.39 is 0 Å². The van der Waals surface area contributed by atoms with Crippen LogP contribution in [0.5, 0.6) is 0 Å². The molecule has 1 unspecified atom stereocenters. The molecule has 1 aliphatic heterocycles. The van der Waals surface area contributed by atoms with E-state index in [1.54, 1.807) is 0 Å². The molecule has 2 N–H and O–H groups in total. The molecule has 0 spiro atoms. The molecule has 1 aromatic rings. The molecule has 1 fully saturated rings. The van der Waals surface area contributed by atoms with Crippen molar-refractivity contribution in [3.63, 3.8) is 0 Å². The largest absolute Gasteiger partial charge is 0.397 e. The van der Waals surface area contributed by atoms with Crippen LogP contribution < -0.4 is 5.73 Å². The molecule has 70 valence electrons. The zero-order valence-electron chi connectivity index (χ0n) is 7.79. The van der Waals surface area contributed by atoms with Crippen LogP contribution in [0.3, 0.4) is 0 Å². The van der Waals surface area contributed by atoms with Crippen LogP contribution in [0.1, 0.15) is 23.6 Å². The average Bonchev–Trinajstić information content (AvgIpc) is 2.62. The molecular weight excluding hydrogens is 164 g/mol. The molecule has 0 aliphatic carbocycles. The standard InChI is InChI=1S/C10H14N2O/c1-7-10(11)4-9(5-12-7)8-2-3-13-6-8/h4-5,8H,2-3,6,11H2,1H3. The van der Waals surface area contributed by atoms with Crippen molar-refractivity contribution in [1.82, 2.24) is 4.98 Å². The van der Waals surface area contributed by atoms with E-state index in [0.717, 1.165) is 31.0 Å². The third kappa shape index (κ3) is 1.65. The highest BCUT2D eigenvalue weighted by atomic mass is 16.5. The highest BCUT2D eigenvalue weighted by molar-refractivity contribution is 5.44. The molecule has 2 heterocycles. The molecule has 0 aromatic carbocycles. The number of aromatic nitrogens is 1. The summed E-state index contributed by atoms with van der Waals surface area (Å²) in [6.45, 7) is 3.59. The molecule has 3 heteroatoms. The van der Waals surface area contributed by atoms with E-state index in [0.29, 0.717) is 5.92 Å². The van der Waals surface area contributed by atoms with Crippen molar-refractivity contribution in [2.75, 3.05) is 18.9 Å². The fourth-order valence-electron chi connectivity index (χ4n) is 1.59. The molecule has 1 aromatic heterocycles. The highest BCUT2D eigenvalue weighted by Crippen LogP contribution is 2.26. The van der Waals surface area contributed by atoms with Crippen LogP contribution in [-0.4, -0.2) is 18.2 Å². The molecule has 0 radical (unpaired) electrons. The lowest BCUT2D eigenvalue weighted by molar-refractivity contribution is 0.194. The summed E-state index contributed by atoms with van der Waals surface area (Å²) in [5.74, 6) is 0.496. The first kappa shape index (κ1) is 8.51. The lowest BCUT2D eigenvalue weighted by atomic mass is 10.00. The predicted molar refractivity (Wildman–Crippen MR) is 51.6 cm³/mol. The second kappa shape index (κ2) is 3.34. The number of nitrogens with zero attached hydrogens (tertiary/aromatic N) is 1. The van der Waals surface area contributed by atoms with E-state index in [-0.39, 0.29) is 0 Å². The van der Waals surface area contributed by atoms with Crippen molar-refractivity contribution in [3.8, 4) is 0 Å². The fourth-order valence-corrected chi connectivity index (χ4v) is 1.59. The molecule has 0 saturated carbocycles. The van der Waals surface area contributed by atoms with Crippen molar-refractivity contribution >= 4 is 5.69 Å².